The Morgan fingerprint density at radius 1 is 1.17 bits per heavy atom. The van der Waals surface area contributed by atoms with Crippen LogP contribution in [0.4, 0.5) is 5.82 Å². The van der Waals surface area contributed by atoms with Crippen LogP contribution in [-0.4, -0.2) is 27.6 Å². The topological polar surface area (TPSA) is 76.0 Å². The van der Waals surface area contributed by atoms with Gasteiger partial charge in [-0.2, -0.15) is 5.10 Å². The summed E-state index contributed by atoms with van der Waals surface area (Å²) < 4.78 is 1.77. The van der Waals surface area contributed by atoms with E-state index < -0.39 is 6.04 Å². The van der Waals surface area contributed by atoms with E-state index in [2.05, 4.69) is 22.7 Å². The minimum Gasteiger partial charge on any atom is -0.341 e. The van der Waals surface area contributed by atoms with E-state index in [0.717, 1.165) is 6.42 Å². The smallest absolute Gasteiger partial charge is 0.251 e. The maximum atomic E-state index is 12.3. The van der Waals surface area contributed by atoms with Gasteiger partial charge in [0.2, 0.25) is 5.91 Å². The Balaban J connectivity index is 1.98. The number of carbonyl (C=O) groups excluding carboxylic acids is 2. The average molecular weight is 314 g/mol. The fourth-order valence-electron chi connectivity index (χ4n) is 2.11. The summed E-state index contributed by atoms with van der Waals surface area (Å²) in [5, 5.41) is 9.72. The molecule has 122 valence electrons. The third-order valence-electron chi connectivity index (χ3n) is 3.71. The van der Waals surface area contributed by atoms with Crippen LogP contribution in [0, 0.1) is 0 Å². The highest BCUT2D eigenvalue weighted by molar-refractivity contribution is 6.00. The largest absolute Gasteiger partial charge is 0.341 e. The molecule has 2 atom stereocenters. The van der Waals surface area contributed by atoms with Gasteiger partial charge < -0.3 is 10.6 Å². The van der Waals surface area contributed by atoms with Gasteiger partial charge in [-0.05, 0) is 32.4 Å². The second-order valence-electron chi connectivity index (χ2n) is 5.47. The lowest BCUT2D eigenvalue weighted by Crippen LogP contribution is -2.42. The number of rotatable bonds is 6. The zero-order chi connectivity index (χ0) is 16.8. The zero-order valence-corrected chi connectivity index (χ0v) is 13.6. The van der Waals surface area contributed by atoms with Crippen molar-refractivity contribution in [3.63, 3.8) is 0 Å². The highest BCUT2D eigenvalue weighted by Gasteiger charge is 2.18. The van der Waals surface area contributed by atoms with Crippen LogP contribution in [0.3, 0.4) is 0 Å². The van der Waals surface area contributed by atoms with Crippen molar-refractivity contribution in [1.29, 1.82) is 0 Å². The van der Waals surface area contributed by atoms with Crippen LogP contribution in [0.5, 0.6) is 0 Å². The van der Waals surface area contributed by atoms with Crippen LogP contribution in [0.15, 0.2) is 42.6 Å². The molecule has 0 saturated carbocycles. The molecule has 1 heterocycles. The fraction of sp³-hybridized carbons (Fsp3) is 0.353. The number of nitrogens with zero attached hydrogens (tertiary/aromatic N) is 2. The van der Waals surface area contributed by atoms with Crippen LogP contribution in [0.1, 0.15) is 43.6 Å². The molecule has 2 rings (SSSR count). The molecular formula is C17H22N4O2. The first-order chi connectivity index (χ1) is 11.0. The number of anilines is 1. The molecule has 0 fully saturated rings. The molecule has 0 radical (unpaired) electrons. The molecule has 1 aromatic heterocycles. The van der Waals surface area contributed by atoms with Crippen molar-refractivity contribution in [2.75, 3.05) is 5.32 Å². The van der Waals surface area contributed by atoms with Crippen molar-refractivity contribution in [1.82, 2.24) is 15.1 Å². The van der Waals surface area contributed by atoms with Crippen molar-refractivity contribution >= 4 is 17.6 Å². The highest BCUT2D eigenvalue weighted by atomic mass is 16.2. The minimum absolute atomic E-state index is 0.189. The van der Waals surface area contributed by atoms with Gasteiger partial charge in [0.05, 0.1) is 12.2 Å². The number of hydrogen-bond donors (Lipinski definition) is 2. The van der Waals surface area contributed by atoms with Gasteiger partial charge in [0.15, 0.2) is 0 Å². The third-order valence-corrected chi connectivity index (χ3v) is 3.71. The molecule has 2 unspecified atom stereocenters. The van der Waals surface area contributed by atoms with Crippen LogP contribution >= 0.6 is 0 Å². The molecule has 0 spiro atoms. The first-order valence-electron chi connectivity index (χ1n) is 7.73. The van der Waals surface area contributed by atoms with E-state index in [4.69, 9.17) is 0 Å². The summed E-state index contributed by atoms with van der Waals surface area (Å²) in [5.74, 6) is 0.0770. The molecule has 0 bridgehead atoms. The first-order valence-corrected chi connectivity index (χ1v) is 7.73. The summed E-state index contributed by atoms with van der Waals surface area (Å²) in [7, 11) is 0. The van der Waals surface area contributed by atoms with Gasteiger partial charge in [-0.3, -0.25) is 9.59 Å². The molecule has 6 heteroatoms. The molecule has 0 saturated heterocycles. The number of nitrogens with one attached hydrogen (secondary N) is 2. The van der Waals surface area contributed by atoms with Crippen LogP contribution in [0.25, 0.3) is 0 Å². The van der Waals surface area contributed by atoms with Gasteiger partial charge in [0.1, 0.15) is 11.9 Å². The van der Waals surface area contributed by atoms with Gasteiger partial charge in [-0.1, -0.05) is 25.1 Å². The normalized spacial score (nSPS) is 13.2. The highest BCUT2D eigenvalue weighted by Crippen LogP contribution is 2.16. The van der Waals surface area contributed by atoms with E-state index in [-0.39, 0.29) is 17.9 Å². The van der Waals surface area contributed by atoms with Gasteiger partial charge in [-0.25, -0.2) is 4.68 Å². The van der Waals surface area contributed by atoms with Crippen LogP contribution < -0.4 is 10.6 Å². The molecule has 0 aliphatic rings. The molecule has 1 aromatic carbocycles. The SMILES string of the molecule is CCC(C)n1nccc1NC(=O)C(C)NC(=O)c1ccccc1. The number of carbonyl (C=O) groups is 2. The van der Waals surface area contributed by atoms with Gasteiger partial charge in [0.25, 0.3) is 5.91 Å². The maximum absolute atomic E-state index is 12.3. The molecule has 0 aliphatic carbocycles. The number of amides is 2. The summed E-state index contributed by atoms with van der Waals surface area (Å²) in [4.78, 5) is 24.3. The van der Waals surface area contributed by atoms with Crippen LogP contribution in [0.2, 0.25) is 0 Å². The summed E-state index contributed by atoms with van der Waals surface area (Å²) in [6.45, 7) is 5.74. The molecule has 0 aliphatic heterocycles. The predicted molar refractivity (Wildman–Crippen MR) is 89.2 cm³/mol. The Morgan fingerprint density at radius 3 is 2.52 bits per heavy atom. The van der Waals surface area contributed by atoms with E-state index in [1.807, 2.05) is 13.0 Å². The van der Waals surface area contributed by atoms with E-state index in [0.29, 0.717) is 11.4 Å². The second kappa shape index (κ2) is 7.58. The lowest BCUT2D eigenvalue weighted by Gasteiger charge is -2.17. The van der Waals surface area contributed by atoms with Crippen molar-refractivity contribution in [2.45, 2.75) is 39.3 Å². The van der Waals surface area contributed by atoms with Crippen molar-refractivity contribution in [3.8, 4) is 0 Å². The number of hydrogen-bond acceptors (Lipinski definition) is 3. The zero-order valence-electron chi connectivity index (χ0n) is 13.6. The van der Waals surface area contributed by atoms with Gasteiger partial charge in [0, 0.05) is 11.6 Å². The summed E-state index contributed by atoms with van der Waals surface area (Å²) in [6.07, 6.45) is 2.56. The van der Waals surface area contributed by atoms with E-state index in [1.165, 1.54) is 0 Å². The molecule has 23 heavy (non-hydrogen) atoms. The Morgan fingerprint density at radius 2 is 1.87 bits per heavy atom. The Bertz CT molecular complexity index is 666. The molecular weight excluding hydrogens is 292 g/mol. The number of benzene rings is 1. The molecule has 6 nitrogen and oxygen atoms in total. The van der Waals surface area contributed by atoms with E-state index >= 15 is 0 Å². The monoisotopic (exact) mass is 314 g/mol. The fourth-order valence-corrected chi connectivity index (χ4v) is 2.11. The standard InChI is InChI=1S/C17H22N4O2/c1-4-12(2)21-15(10-11-18-21)20-16(22)13(3)19-17(23)14-8-6-5-7-9-14/h5-13H,4H2,1-3H3,(H,19,23)(H,20,22). The first kappa shape index (κ1) is 16.7. The maximum Gasteiger partial charge on any atom is 0.251 e. The average Bonchev–Trinajstić information content (AvgIpc) is 3.02. The number of aromatic nitrogens is 2. The molecule has 2 amide bonds. The Kier molecular flexibility index (Phi) is 5.51. The van der Waals surface area contributed by atoms with Crippen molar-refractivity contribution in [3.05, 3.63) is 48.2 Å². The summed E-state index contributed by atoms with van der Waals surface area (Å²) in [5.41, 5.74) is 0.525. The summed E-state index contributed by atoms with van der Waals surface area (Å²) in [6, 6.07) is 10.1. The predicted octanol–water partition coefficient (Wildman–Crippen LogP) is 2.61. The third kappa shape index (κ3) is 4.18. The minimum atomic E-state index is -0.650. The lowest BCUT2D eigenvalue weighted by atomic mass is 10.2. The van der Waals surface area contributed by atoms with Crippen molar-refractivity contribution in [2.24, 2.45) is 0 Å². The van der Waals surface area contributed by atoms with E-state index in [1.54, 1.807) is 48.1 Å². The Hall–Kier alpha value is -2.63. The van der Waals surface area contributed by atoms with Gasteiger partial charge in [-0.15, -0.1) is 0 Å². The quantitative estimate of drug-likeness (QED) is 0.860. The van der Waals surface area contributed by atoms with Gasteiger partial charge >= 0.3 is 0 Å². The second-order valence-corrected chi connectivity index (χ2v) is 5.47. The molecule has 2 aromatic rings. The lowest BCUT2D eigenvalue weighted by molar-refractivity contribution is -0.117. The summed E-state index contributed by atoms with van der Waals surface area (Å²) >= 11 is 0. The van der Waals surface area contributed by atoms with E-state index in [9.17, 15) is 9.59 Å². The Labute approximate surface area is 135 Å². The van der Waals surface area contributed by atoms with Crippen molar-refractivity contribution < 1.29 is 9.59 Å². The van der Waals surface area contributed by atoms with Crippen LogP contribution in [-0.2, 0) is 4.79 Å². The molecule has 2 N–H and O–H groups in total.